The van der Waals surface area contributed by atoms with Crippen LogP contribution in [0.5, 0.6) is 0 Å². The van der Waals surface area contributed by atoms with Gasteiger partial charge in [-0.05, 0) is 63.3 Å². The lowest BCUT2D eigenvalue weighted by atomic mass is 10.1. The van der Waals surface area contributed by atoms with Gasteiger partial charge in [0.05, 0.1) is 11.3 Å². The average molecular weight is 333 g/mol. The second-order valence-corrected chi connectivity index (χ2v) is 6.37. The predicted molar refractivity (Wildman–Crippen MR) is 82.4 cm³/mol. The Hall–Kier alpha value is -1.31. The summed E-state index contributed by atoms with van der Waals surface area (Å²) >= 11 is 5.20. The summed E-state index contributed by atoms with van der Waals surface area (Å²) in [4.78, 5) is 2.37. The van der Waals surface area contributed by atoms with Gasteiger partial charge in [0.25, 0.3) is 0 Å². The minimum Gasteiger partial charge on any atom is -0.363 e. The summed E-state index contributed by atoms with van der Waals surface area (Å²) in [5, 5.41) is 13.7. The van der Waals surface area contributed by atoms with Gasteiger partial charge in [-0.15, -0.1) is 0 Å². The molecule has 0 N–H and O–H groups in total. The van der Waals surface area contributed by atoms with E-state index in [1.54, 1.807) is 11.3 Å². The van der Waals surface area contributed by atoms with Crippen LogP contribution >= 0.6 is 27.3 Å². The fourth-order valence-corrected chi connectivity index (χ4v) is 3.34. The maximum absolute atomic E-state index is 9.37. The molecule has 1 aromatic carbocycles. The summed E-state index contributed by atoms with van der Waals surface area (Å²) in [7, 11) is 0. The van der Waals surface area contributed by atoms with E-state index in [4.69, 9.17) is 0 Å². The maximum atomic E-state index is 9.37. The van der Waals surface area contributed by atoms with Gasteiger partial charge in [-0.3, -0.25) is 0 Å². The van der Waals surface area contributed by atoms with Crippen molar-refractivity contribution in [3.8, 4) is 6.07 Å². The normalized spacial score (nSPS) is 14.1. The number of halogens is 1. The van der Waals surface area contributed by atoms with E-state index in [0.717, 1.165) is 22.3 Å². The minimum absolute atomic E-state index is 0.585. The number of benzene rings is 1. The van der Waals surface area contributed by atoms with Crippen LogP contribution in [0, 0.1) is 11.3 Å². The van der Waals surface area contributed by atoms with Gasteiger partial charge in [0.15, 0.2) is 0 Å². The molecule has 4 heteroatoms. The molecule has 2 nitrogen and oxygen atoms in total. The fourth-order valence-electron chi connectivity index (χ4n) is 2.24. The van der Waals surface area contributed by atoms with Crippen molar-refractivity contribution < 1.29 is 0 Å². The van der Waals surface area contributed by atoms with Crippen molar-refractivity contribution in [1.29, 1.82) is 5.26 Å². The van der Waals surface area contributed by atoms with Crippen LogP contribution in [0.2, 0.25) is 0 Å². The summed E-state index contributed by atoms with van der Waals surface area (Å²) in [6.07, 6.45) is 2.45. The maximum Gasteiger partial charge on any atom is 0.103 e. The van der Waals surface area contributed by atoms with Crippen LogP contribution in [0.3, 0.4) is 0 Å². The highest BCUT2D eigenvalue weighted by atomic mass is 79.9. The van der Waals surface area contributed by atoms with Crippen molar-refractivity contribution in [2.75, 3.05) is 4.90 Å². The van der Waals surface area contributed by atoms with E-state index in [2.05, 4.69) is 43.7 Å². The minimum atomic E-state index is 0.585. The highest BCUT2D eigenvalue weighted by molar-refractivity contribution is 9.10. The topological polar surface area (TPSA) is 27.0 Å². The van der Waals surface area contributed by atoms with Gasteiger partial charge < -0.3 is 4.90 Å². The van der Waals surface area contributed by atoms with Gasteiger partial charge in [-0.2, -0.15) is 16.6 Å². The van der Waals surface area contributed by atoms with Crippen molar-refractivity contribution in [1.82, 2.24) is 0 Å². The molecule has 0 unspecified atom stereocenters. The number of hydrogen-bond acceptors (Lipinski definition) is 3. The first-order valence-corrected chi connectivity index (χ1v) is 7.99. The Bertz CT molecular complexity index is 612. The molecule has 1 aliphatic rings. The Morgan fingerprint density at radius 2 is 2.21 bits per heavy atom. The van der Waals surface area contributed by atoms with Crippen LogP contribution < -0.4 is 4.90 Å². The summed E-state index contributed by atoms with van der Waals surface area (Å²) in [6, 6.07) is 11.0. The Kier molecular flexibility index (Phi) is 3.58. The van der Waals surface area contributed by atoms with Crippen LogP contribution in [0.15, 0.2) is 39.5 Å². The largest absolute Gasteiger partial charge is 0.363 e. The molecule has 1 heterocycles. The lowest BCUT2D eigenvalue weighted by Crippen LogP contribution is -2.25. The standard InChI is InChI=1S/C15H13BrN2S/c16-14-2-1-3-15(13(14)8-17)18(12-4-5-12)9-11-6-7-19-10-11/h1-3,6-7,10,12H,4-5,9H2. The van der Waals surface area contributed by atoms with E-state index in [1.807, 2.05) is 18.2 Å². The number of nitrogens with zero attached hydrogens (tertiary/aromatic N) is 2. The third-order valence-electron chi connectivity index (χ3n) is 3.33. The van der Waals surface area contributed by atoms with E-state index in [0.29, 0.717) is 6.04 Å². The lowest BCUT2D eigenvalue weighted by molar-refractivity contribution is 0.795. The molecule has 0 saturated heterocycles. The summed E-state index contributed by atoms with van der Waals surface area (Å²) in [5.74, 6) is 0. The fraction of sp³-hybridized carbons (Fsp3) is 0.267. The third kappa shape index (κ3) is 2.68. The molecule has 0 amide bonds. The van der Waals surface area contributed by atoms with E-state index < -0.39 is 0 Å². The van der Waals surface area contributed by atoms with E-state index >= 15 is 0 Å². The number of nitriles is 1. The molecule has 0 spiro atoms. The van der Waals surface area contributed by atoms with Crippen molar-refractivity contribution in [3.05, 3.63) is 50.6 Å². The monoisotopic (exact) mass is 332 g/mol. The molecular formula is C15H13BrN2S. The summed E-state index contributed by atoms with van der Waals surface area (Å²) < 4.78 is 0.878. The number of rotatable bonds is 4. The van der Waals surface area contributed by atoms with Gasteiger partial charge in [0.1, 0.15) is 6.07 Å². The van der Waals surface area contributed by atoms with Crippen LogP contribution in [0.4, 0.5) is 5.69 Å². The Balaban J connectivity index is 1.97. The zero-order chi connectivity index (χ0) is 13.2. The Morgan fingerprint density at radius 1 is 1.37 bits per heavy atom. The molecule has 0 atom stereocenters. The quantitative estimate of drug-likeness (QED) is 0.821. The van der Waals surface area contributed by atoms with Crippen LogP contribution in [-0.4, -0.2) is 6.04 Å². The van der Waals surface area contributed by atoms with Gasteiger partial charge >= 0.3 is 0 Å². The zero-order valence-electron chi connectivity index (χ0n) is 10.3. The van der Waals surface area contributed by atoms with Gasteiger partial charge in [-0.25, -0.2) is 0 Å². The highest BCUT2D eigenvalue weighted by Gasteiger charge is 2.31. The molecule has 0 aliphatic heterocycles. The summed E-state index contributed by atoms with van der Waals surface area (Å²) in [5.41, 5.74) is 3.11. The van der Waals surface area contributed by atoms with Crippen LogP contribution in [0.25, 0.3) is 0 Å². The smallest absolute Gasteiger partial charge is 0.103 e. The molecule has 1 aliphatic carbocycles. The molecule has 1 aromatic heterocycles. The first-order valence-electron chi connectivity index (χ1n) is 6.26. The van der Waals surface area contributed by atoms with Gasteiger partial charge in [-0.1, -0.05) is 6.07 Å². The first kappa shape index (κ1) is 12.7. The molecule has 1 saturated carbocycles. The first-order chi connectivity index (χ1) is 9.29. The highest BCUT2D eigenvalue weighted by Crippen LogP contribution is 2.37. The molecule has 0 radical (unpaired) electrons. The van der Waals surface area contributed by atoms with Crippen LogP contribution in [0.1, 0.15) is 24.0 Å². The molecular weight excluding hydrogens is 320 g/mol. The van der Waals surface area contributed by atoms with E-state index in [-0.39, 0.29) is 0 Å². The number of thiophene rings is 1. The van der Waals surface area contributed by atoms with Gasteiger partial charge in [0.2, 0.25) is 0 Å². The number of anilines is 1. The predicted octanol–water partition coefficient (Wildman–Crippen LogP) is 4.55. The van der Waals surface area contributed by atoms with Crippen molar-refractivity contribution in [3.63, 3.8) is 0 Å². The number of hydrogen-bond donors (Lipinski definition) is 0. The third-order valence-corrected chi connectivity index (χ3v) is 4.73. The van der Waals surface area contributed by atoms with Gasteiger partial charge in [0, 0.05) is 17.1 Å². The molecule has 19 heavy (non-hydrogen) atoms. The van der Waals surface area contributed by atoms with Crippen molar-refractivity contribution >= 4 is 33.0 Å². The SMILES string of the molecule is N#Cc1c(Br)cccc1N(Cc1ccsc1)C1CC1. The molecule has 1 fully saturated rings. The van der Waals surface area contributed by atoms with Crippen molar-refractivity contribution in [2.45, 2.75) is 25.4 Å². The lowest BCUT2D eigenvalue weighted by Gasteiger charge is -2.25. The van der Waals surface area contributed by atoms with E-state index in [1.165, 1.54) is 18.4 Å². The van der Waals surface area contributed by atoms with E-state index in [9.17, 15) is 5.26 Å². The molecule has 96 valence electrons. The second kappa shape index (κ2) is 5.36. The molecule has 0 bridgehead atoms. The average Bonchev–Trinajstić information content (AvgIpc) is 3.13. The Morgan fingerprint density at radius 3 is 2.84 bits per heavy atom. The Labute approximate surface area is 125 Å². The second-order valence-electron chi connectivity index (χ2n) is 4.74. The molecule has 3 rings (SSSR count). The molecule has 2 aromatic rings. The van der Waals surface area contributed by atoms with Crippen molar-refractivity contribution in [2.24, 2.45) is 0 Å². The van der Waals surface area contributed by atoms with Crippen LogP contribution in [-0.2, 0) is 6.54 Å². The summed E-state index contributed by atoms with van der Waals surface area (Å²) in [6.45, 7) is 0.888. The zero-order valence-corrected chi connectivity index (χ0v) is 12.7.